The quantitative estimate of drug-likeness (QED) is 0.562. The van der Waals surface area contributed by atoms with Crippen molar-refractivity contribution in [2.75, 3.05) is 5.75 Å². The maximum atomic E-state index is 12.2. The molecule has 118 valence electrons. The number of nitrogens with one attached hydrogen (secondary N) is 1. The third-order valence-corrected chi connectivity index (χ3v) is 5.41. The maximum absolute atomic E-state index is 12.2. The summed E-state index contributed by atoms with van der Waals surface area (Å²) in [6.45, 7) is 3.87. The molecule has 0 radical (unpaired) electrons. The molecule has 3 rings (SSSR count). The molecule has 6 heteroatoms. The fraction of sp³-hybridized carbons (Fsp3) is 0.235. The van der Waals surface area contributed by atoms with Crippen LogP contribution in [0.25, 0.3) is 10.9 Å². The molecular weight excluding hydrogens is 326 g/mol. The summed E-state index contributed by atoms with van der Waals surface area (Å²) in [6.07, 6.45) is 0. The first-order valence-electron chi connectivity index (χ1n) is 7.32. The number of amides is 1. The predicted octanol–water partition coefficient (Wildman–Crippen LogP) is 3.97. The Morgan fingerprint density at radius 3 is 2.87 bits per heavy atom. The third-order valence-electron chi connectivity index (χ3n) is 3.37. The van der Waals surface area contributed by atoms with Crippen LogP contribution >= 0.6 is 23.1 Å². The Labute approximate surface area is 143 Å². The minimum absolute atomic E-state index is 0.0104. The number of aryl methyl sites for hydroxylation is 1. The number of fused-ring (bicyclic) bond motifs is 1. The summed E-state index contributed by atoms with van der Waals surface area (Å²) >= 11 is 3.10. The number of carbonyl (C=O) groups excluding carboxylic acids is 1. The number of rotatable bonds is 5. The molecule has 0 spiro atoms. The van der Waals surface area contributed by atoms with Crippen molar-refractivity contribution in [3.05, 3.63) is 52.5 Å². The summed E-state index contributed by atoms with van der Waals surface area (Å²) in [5.41, 5.74) is 0.912. The highest BCUT2D eigenvalue weighted by Crippen LogP contribution is 2.25. The van der Waals surface area contributed by atoms with Gasteiger partial charge in [-0.25, -0.2) is 9.97 Å². The van der Waals surface area contributed by atoms with E-state index in [4.69, 9.17) is 0 Å². The lowest BCUT2D eigenvalue weighted by Gasteiger charge is -2.12. The molecule has 1 atom stereocenters. The minimum Gasteiger partial charge on any atom is -0.348 e. The summed E-state index contributed by atoms with van der Waals surface area (Å²) in [5, 5.41) is 6.88. The lowest BCUT2D eigenvalue weighted by molar-refractivity contribution is -0.119. The summed E-state index contributed by atoms with van der Waals surface area (Å²) in [6, 6.07) is 11.9. The van der Waals surface area contributed by atoms with E-state index in [0.29, 0.717) is 5.75 Å². The monoisotopic (exact) mass is 343 g/mol. The van der Waals surface area contributed by atoms with Crippen molar-refractivity contribution in [3.8, 4) is 0 Å². The fourth-order valence-corrected chi connectivity index (χ4v) is 3.90. The van der Waals surface area contributed by atoms with Crippen LogP contribution in [0, 0.1) is 6.92 Å². The molecule has 0 fully saturated rings. The first kappa shape index (κ1) is 16.0. The van der Waals surface area contributed by atoms with E-state index in [1.54, 1.807) is 11.3 Å². The van der Waals surface area contributed by atoms with Gasteiger partial charge >= 0.3 is 0 Å². The number of thiophene rings is 1. The average molecular weight is 343 g/mol. The van der Waals surface area contributed by atoms with Crippen LogP contribution < -0.4 is 5.32 Å². The van der Waals surface area contributed by atoms with Crippen molar-refractivity contribution in [1.29, 1.82) is 0 Å². The van der Waals surface area contributed by atoms with E-state index >= 15 is 0 Å². The van der Waals surface area contributed by atoms with Gasteiger partial charge in [0.25, 0.3) is 0 Å². The highest BCUT2D eigenvalue weighted by molar-refractivity contribution is 8.00. The zero-order valence-electron chi connectivity index (χ0n) is 12.9. The number of carbonyl (C=O) groups is 1. The number of thioether (sulfide) groups is 1. The van der Waals surface area contributed by atoms with E-state index in [1.807, 2.05) is 55.6 Å². The van der Waals surface area contributed by atoms with Gasteiger partial charge in [-0.3, -0.25) is 4.79 Å². The van der Waals surface area contributed by atoms with Gasteiger partial charge < -0.3 is 5.32 Å². The lowest BCUT2D eigenvalue weighted by atomic mass is 10.2. The van der Waals surface area contributed by atoms with Gasteiger partial charge in [0.05, 0.1) is 17.3 Å². The van der Waals surface area contributed by atoms with E-state index in [9.17, 15) is 4.79 Å². The Morgan fingerprint density at radius 1 is 1.26 bits per heavy atom. The van der Waals surface area contributed by atoms with Gasteiger partial charge in [0.15, 0.2) is 0 Å². The molecule has 1 N–H and O–H groups in total. The maximum Gasteiger partial charge on any atom is 0.230 e. The second-order valence-corrected chi connectivity index (χ2v) is 7.13. The summed E-state index contributed by atoms with van der Waals surface area (Å²) in [7, 11) is 0. The van der Waals surface area contributed by atoms with Crippen molar-refractivity contribution >= 4 is 39.9 Å². The van der Waals surface area contributed by atoms with Gasteiger partial charge in [0.2, 0.25) is 5.91 Å². The molecule has 1 aromatic carbocycles. The van der Waals surface area contributed by atoms with E-state index in [2.05, 4.69) is 15.3 Å². The standard InChI is InChI=1S/C17H17N3OS2/c1-11(15-8-5-9-22-15)18-16(21)10-23-17-13-6-3-4-7-14(13)19-12(2)20-17/h3-9,11H,10H2,1-2H3,(H,18,21). The second kappa shape index (κ2) is 7.10. The van der Waals surface area contributed by atoms with Gasteiger partial charge in [0.1, 0.15) is 10.9 Å². The van der Waals surface area contributed by atoms with E-state index < -0.39 is 0 Å². The van der Waals surface area contributed by atoms with Gasteiger partial charge in [-0.1, -0.05) is 36.0 Å². The third kappa shape index (κ3) is 3.89. The highest BCUT2D eigenvalue weighted by atomic mass is 32.2. The van der Waals surface area contributed by atoms with Crippen molar-refractivity contribution in [1.82, 2.24) is 15.3 Å². The molecule has 0 aliphatic carbocycles. The first-order chi connectivity index (χ1) is 11.1. The molecule has 0 aliphatic heterocycles. The zero-order valence-corrected chi connectivity index (χ0v) is 14.6. The molecule has 1 unspecified atom stereocenters. The minimum atomic E-state index is 0.0104. The van der Waals surface area contributed by atoms with Gasteiger partial charge in [-0.05, 0) is 31.4 Å². The van der Waals surface area contributed by atoms with Crippen LogP contribution in [0.2, 0.25) is 0 Å². The smallest absolute Gasteiger partial charge is 0.230 e. The molecule has 1 amide bonds. The molecule has 0 saturated carbocycles. The van der Waals surface area contributed by atoms with Crippen LogP contribution in [0.4, 0.5) is 0 Å². The van der Waals surface area contributed by atoms with Gasteiger partial charge in [0, 0.05) is 10.3 Å². The largest absolute Gasteiger partial charge is 0.348 e. The Kier molecular flexibility index (Phi) is 4.93. The summed E-state index contributed by atoms with van der Waals surface area (Å²) in [4.78, 5) is 22.2. The predicted molar refractivity (Wildman–Crippen MR) is 95.9 cm³/mol. The molecule has 0 aliphatic rings. The number of aromatic nitrogens is 2. The van der Waals surface area contributed by atoms with E-state index in [1.165, 1.54) is 11.8 Å². The average Bonchev–Trinajstić information content (AvgIpc) is 3.07. The van der Waals surface area contributed by atoms with Gasteiger partial charge in [-0.2, -0.15) is 0 Å². The van der Waals surface area contributed by atoms with Crippen molar-refractivity contribution in [3.63, 3.8) is 0 Å². The Hall–Kier alpha value is -1.92. The molecular formula is C17H17N3OS2. The second-order valence-electron chi connectivity index (χ2n) is 5.19. The topological polar surface area (TPSA) is 54.9 Å². The lowest BCUT2D eigenvalue weighted by Crippen LogP contribution is -2.27. The Bertz CT molecular complexity index is 818. The van der Waals surface area contributed by atoms with Crippen molar-refractivity contribution in [2.45, 2.75) is 24.9 Å². The molecule has 0 saturated heterocycles. The molecule has 2 heterocycles. The first-order valence-corrected chi connectivity index (χ1v) is 9.19. The molecule has 3 aromatic rings. The summed E-state index contributed by atoms with van der Waals surface area (Å²) in [5.74, 6) is 1.07. The number of nitrogens with zero attached hydrogens (tertiary/aromatic N) is 2. The van der Waals surface area contributed by atoms with Crippen LogP contribution in [0.15, 0.2) is 46.8 Å². The van der Waals surface area contributed by atoms with Crippen LogP contribution in [-0.4, -0.2) is 21.6 Å². The normalized spacial score (nSPS) is 12.3. The fourth-order valence-electron chi connectivity index (χ4n) is 2.29. The van der Waals surface area contributed by atoms with E-state index in [0.717, 1.165) is 26.6 Å². The zero-order chi connectivity index (χ0) is 16.2. The number of hydrogen-bond donors (Lipinski definition) is 1. The SMILES string of the molecule is Cc1nc(SCC(=O)NC(C)c2cccs2)c2ccccc2n1. The van der Waals surface area contributed by atoms with Crippen molar-refractivity contribution in [2.24, 2.45) is 0 Å². The van der Waals surface area contributed by atoms with Crippen LogP contribution in [-0.2, 0) is 4.79 Å². The number of para-hydroxylation sites is 1. The molecule has 2 aromatic heterocycles. The molecule has 0 bridgehead atoms. The van der Waals surface area contributed by atoms with E-state index in [-0.39, 0.29) is 11.9 Å². The molecule has 4 nitrogen and oxygen atoms in total. The summed E-state index contributed by atoms with van der Waals surface area (Å²) < 4.78 is 0. The van der Waals surface area contributed by atoms with Crippen LogP contribution in [0.1, 0.15) is 23.7 Å². The van der Waals surface area contributed by atoms with Crippen LogP contribution in [0.5, 0.6) is 0 Å². The Morgan fingerprint density at radius 2 is 2.09 bits per heavy atom. The number of hydrogen-bond acceptors (Lipinski definition) is 5. The highest BCUT2D eigenvalue weighted by Gasteiger charge is 2.12. The molecule has 23 heavy (non-hydrogen) atoms. The van der Waals surface area contributed by atoms with Crippen molar-refractivity contribution < 1.29 is 4.79 Å². The van der Waals surface area contributed by atoms with Gasteiger partial charge in [-0.15, -0.1) is 11.3 Å². The van der Waals surface area contributed by atoms with Crippen LogP contribution in [0.3, 0.4) is 0 Å². The Balaban J connectivity index is 1.67. The number of benzene rings is 1.